The molecule has 0 N–H and O–H groups in total. The van der Waals surface area contributed by atoms with Crippen LogP contribution in [-0.4, -0.2) is 34.7 Å². The maximum atomic E-state index is 15.2. The molecule has 0 radical (unpaired) electrons. The van der Waals surface area contributed by atoms with E-state index in [0.29, 0.717) is 23.1 Å². The minimum atomic E-state index is -0.606. The molecule has 4 rings (SSSR count). The number of aryl methyl sites for hydroxylation is 2. The first-order valence-electron chi connectivity index (χ1n) is 10.8. The standard InChI is InChI=1S/C24H22FN3O3.C2H6/c1-14-10-11-17(19(25)21(14)30-3)22-26-20(24(29)31-4)18-12-15(2)28(23(18)27-22)13-16-8-6-5-7-9-16;1-2/h5-12H,13H2,1-4H3;1-2H3. The summed E-state index contributed by atoms with van der Waals surface area (Å²) in [6, 6.07) is 15.1. The van der Waals surface area contributed by atoms with Gasteiger partial charge in [0.05, 0.1) is 25.2 Å². The van der Waals surface area contributed by atoms with E-state index in [4.69, 9.17) is 9.47 Å². The minimum Gasteiger partial charge on any atom is -0.493 e. The van der Waals surface area contributed by atoms with E-state index in [2.05, 4.69) is 9.97 Å². The van der Waals surface area contributed by atoms with Crippen molar-refractivity contribution in [1.82, 2.24) is 14.5 Å². The summed E-state index contributed by atoms with van der Waals surface area (Å²) >= 11 is 0. The first-order chi connectivity index (χ1) is 15.9. The van der Waals surface area contributed by atoms with Crippen LogP contribution in [0.25, 0.3) is 22.4 Å². The van der Waals surface area contributed by atoms with E-state index in [-0.39, 0.29) is 22.8 Å². The molecule has 0 saturated heterocycles. The summed E-state index contributed by atoms with van der Waals surface area (Å²) in [5.74, 6) is -0.965. The molecule has 0 atom stereocenters. The predicted octanol–water partition coefficient (Wildman–Crippen LogP) is 5.72. The highest BCUT2D eigenvalue weighted by molar-refractivity contribution is 6.02. The molecule has 0 bridgehead atoms. The van der Waals surface area contributed by atoms with Crippen molar-refractivity contribution in [2.75, 3.05) is 14.2 Å². The number of benzene rings is 2. The Morgan fingerprint density at radius 3 is 2.36 bits per heavy atom. The number of ether oxygens (including phenoxy) is 2. The van der Waals surface area contributed by atoms with E-state index in [0.717, 1.165) is 11.3 Å². The topological polar surface area (TPSA) is 66.2 Å². The van der Waals surface area contributed by atoms with Crippen molar-refractivity contribution >= 4 is 17.0 Å². The third-order valence-electron chi connectivity index (χ3n) is 5.26. The van der Waals surface area contributed by atoms with Crippen molar-refractivity contribution < 1.29 is 18.7 Å². The number of halogens is 1. The molecule has 7 heteroatoms. The molecule has 2 heterocycles. The Labute approximate surface area is 193 Å². The van der Waals surface area contributed by atoms with Crippen molar-refractivity contribution in [3.63, 3.8) is 0 Å². The Balaban J connectivity index is 0.00000149. The molecular weight excluding hydrogens is 421 g/mol. The summed E-state index contributed by atoms with van der Waals surface area (Å²) in [5.41, 5.74) is 3.41. The average molecular weight is 450 g/mol. The second-order valence-electron chi connectivity index (χ2n) is 7.26. The maximum Gasteiger partial charge on any atom is 0.357 e. The molecule has 172 valence electrons. The number of carbonyl (C=O) groups is 1. The monoisotopic (exact) mass is 449 g/mol. The van der Waals surface area contributed by atoms with Crippen LogP contribution in [0.3, 0.4) is 0 Å². The van der Waals surface area contributed by atoms with Gasteiger partial charge in [0.1, 0.15) is 5.65 Å². The molecule has 2 aromatic carbocycles. The molecule has 33 heavy (non-hydrogen) atoms. The number of hydrogen-bond donors (Lipinski definition) is 0. The quantitative estimate of drug-likeness (QED) is 0.364. The lowest BCUT2D eigenvalue weighted by Gasteiger charge is -2.12. The zero-order valence-corrected chi connectivity index (χ0v) is 19.8. The van der Waals surface area contributed by atoms with Gasteiger partial charge in [-0.25, -0.2) is 19.2 Å². The number of nitrogens with zero attached hydrogens (tertiary/aromatic N) is 3. The van der Waals surface area contributed by atoms with Crippen molar-refractivity contribution in [3.8, 4) is 17.1 Å². The van der Waals surface area contributed by atoms with E-state index < -0.39 is 11.8 Å². The third kappa shape index (κ3) is 4.58. The zero-order chi connectivity index (χ0) is 24.1. The van der Waals surface area contributed by atoms with Crippen LogP contribution in [-0.2, 0) is 11.3 Å². The molecule has 0 unspecified atom stereocenters. The lowest BCUT2D eigenvalue weighted by atomic mass is 10.1. The van der Waals surface area contributed by atoms with E-state index in [9.17, 15) is 4.79 Å². The normalized spacial score (nSPS) is 10.5. The Morgan fingerprint density at radius 2 is 1.73 bits per heavy atom. The van der Waals surface area contributed by atoms with Gasteiger partial charge in [0, 0.05) is 12.2 Å². The highest BCUT2D eigenvalue weighted by atomic mass is 19.1. The van der Waals surface area contributed by atoms with Gasteiger partial charge in [-0.3, -0.25) is 0 Å². The Hall–Kier alpha value is -3.74. The lowest BCUT2D eigenvalue weighted by molar-refractivity contribution is 0.0596. The summed E-state index contributed by atoms with van der Waals surface area (Å²) in [6.45, 7) is 8.23. The van der Waals surface area contributed by atoms with Gasteiger partial charge in [-0.1, -0.05) is 50.2 Å². The van der Waals surface area contributed by atoms with Crippen LogP contribution in [0, 0.1) is 19.7 Å². The molecule has 0 aliphatic rings. The largest absolute Gasteiger partial charge is 0.493 e. The Morgan fingerprint density at radius 1 is 1.03 bits per heavy atom. The SMILES string of the molecule is CC.COC(=O)c1nc(-c2ccc(C)c(OC)c2F)nc2c1cc(C)n2Cc1ccccc1. The molecule has 2 aromatic heterocycles. The summed E-state index contributed by atoms with van der Waals surface area (Å²) < 4.78 is 27.3. The van der Waals surface area contributed by atoms with Gasteiger partial charge in [-0.05, 0) is 37.1 Å². The molecule has 0 amide bonds. The first-order valence-corrected chi connectivity index (χ1v) is 10.8. The summed E-state index contributed by atoms with van der Waals surface area (Å²) in [7, 11) is 2.70. The van der Waals surface area contributed by atoms with Crippen molar-refractivity contribution in [2.45, 2.75) is 34.2 Å². The second kappa shape index (κ2) is 10.3. The fourth-order valence-electron chi connectivity index (χ4n) is 3.66. The van der Waals surface area contributed by atoms with Gasteiger partial charge in [-0.15, -0.1) is 0 Å². The smallest absolute Gasteiger partial charge is 0.357 e. The van der Waals surface area contributed by atoms with Crippen LogP contribution in [0.5, 0.6) is 5.75 Å². The zero-order valence-electron chi connectivity index (χ0n) is 19.8. The molecule has 4 aromatic rings. The minimum absolute atomic E-state index is 0.0936. The lowest BCUT2D eigenvalue weighted by Crippen LogP contribution is -2.10. The van der Waals surface area contributed by atoms with Crippen molar-refractivity contribution in [1.29, 1.82) is 0 Å². The van der Waals surface area contributed by atoms with Crippen LogP contribution in [0.15, 0.2) is 48.5 Å². The predicted molar refractivity (Wildman–Crippen MR) is 127 cm³/mol. The molecule has 0 fully saturated rings. The van der Waals surface area contributed by atoms with E-state index >= 15 is 4.39 Å². The number of fused-ring (bicyclic) bond motifs is 1. The number of rotatable bonds is 5. The van der Waals surface area contributed by atoms with Gasteiger partial charge in [0.15, 0.2) is 23.1 Å². The van der Waals surface area contributed by atoms with Crippen LogP contribution < -0.4 is 4.74 Å². The van der Waals surface area contributed by atoms with Crippen LogP contribution in [0.2, 0.25) is 0 Å². The van der Waals surface area contributed by atoms with Crippen LogP contribution >= 0.6 is 0 Å². The summed E-state index contributed by atoms with van der Waals surface area (Å²) in [4.78, 5) is 21.5. The van der Waals surface area contributed by atoms with E-state index in [1.54, 1.807) is 19.1 Å². The van der Waals surface area contributed by atoms with Crippen molar-refractivity contribution in [3.05, 3.63) is 76.9 Å². The maximum absolute atomic E-state index is 15.2. The van der Waals surface area contributed by atoms with E-state index in [1.165, 1.54) is 14.2 Å². The van der Waals surface area contributed by atoms with Gasteiger partial charge in [0.2, 0.25) is 0 Å². The molecule has 6 nitrogen and oxygen atoms in total. The molecular formula is C26H28FN3O3. The Kier molecular flexibility index (Phi) is 7.43. The summed E-state index contributed by atoms with van der Waals surface area (Å²) in [6.07, 6.45) is 0. The first kappa shape index (κ1) is 23.9. The summed E-state index contributed by atoms with van der Waals surface area (Å²) in [5, 5.41) is 0.559. The Bertz CT molecular complexity index is 1280. The highest BCUT2D eigenvalue weighted by Gasteiger charge is 2.23. The van der Waals surface area contributed by atoms with E-state index in [1.807, 2.05) is 61.7 Å². The van der Waals surface area contributed by atoms with Gasteiger partial charge < -0.3 is 14.0 Å². The fourth-order valence-corrected chi connectivity index (χ4v) is 3.66. The fraction of sp³-hybridized carbons (Fsp3) is 0.269. The third-order valence-corrected chi connectivity index (χ3v) is 5.26. The van der Waals surface area contributed by atoms with Crippen LogP contribution in [0.1, 0.15) is 41.2 Å². The molecule has 0 aliphatic heterocycles. The molecule has 0 aliphatic carbocycles. The van der Waals surface area contributed by atoms with Crippen LogP contribution in [0.4, 0.5) is 4.39 Å². The molecule has 0 saturated carbocycles. The van der Waals surface area contributed by atoms with Crippen molar-refractivity contribution in [2.24, 2.45) is 0 Å². The average Bonchev–Trinajstić information content (AvgIpc) is 3.15. The number of carbonyl (C=O) groups excluding carboxylic acids is 1. The van der Waals surface area contributed by atoms with Gasteiger partial charge in [-0.2, -0.15) is 0 Å². The second-order valence-corrected chi connectivity index (χ2v) is 7.26. The molecule has 0 spiro atoms. The number of hydrogen-bond acceptors (Lipinski definition) is 5. The number of methoxy groups -OCH3 is 2. The highest BCUT2D eigenvalue weighted by Crippen LogP contribution is 2.32. The number of aromatic nitrogens is 3. The van der Waals surface area contributed by atoms with Gasteiger partial charge >= 0.3 is 5.97 Å². The van der Waals surface area contributed by atoms with Gasteiger partial charge in [0.25, 0.3) is 0 Å². The number of esters is 1.